The molecule has 0 radical (unpaired) electrons. The number of aromatic nitrogens is 1. The molecule has 0 aliphatic carbocycles. The Morgan fingerprint density at radius 2 is 2.12 bits per heavy atom. The Balaban J connectivity index is 2.59. The minimum Gasteiger partial charge on any atom is -0.398 e. The van der Waals surface area contributed by atoms with Gasteiger partial charge in [0.25, 0.3) is 0 Å². The van der Waals surface area contributed by atoms with Crippen LogP contribution in [-0.4, -0.2) is 4.98 Å². The number of nitrogen functional groups attached to an aromatic ring is 1. The van der Waals surface area contributed by atoms with E-state index in [0.29, 0.717) is 11.3 Å². The summed E-state index contributed by atoms with van der Waals surface area (Å²) < 4.78 is 0. The van der Waals surface area contributed by atoms with Crippen molar-refractivity contribution in [2.75, 3.05) is 5.73 Å². The number of hydrogen-bond acceptors (Lipinski definition) is 3. The summed E-state index contributed by atoms with van der Waals surface area (Å²) in [5.41, 5.74) is 9.81. The molecule has 3 nitrogen and oxygen atoms in total. The van der Waals surface area contributed by atoms with Gasteiger partial charge in [0.2, 0.25) is 0 Å². The summed E-state index contributed by atoms with van der Waals surface area (Å²) in [5, 5.41) is 8.91. The molecule has 0 spiro atoms. The molecule has 0 unspecified atom stereocenters. The highest BCUT2D eigenvalue weighted by Crippen LogP contribution is 2.25. The second kappa shape index (κ2) is 4.03. The Labute approximate surface area is 94.2 Å². The van der Waals surface area contributed by atoms with Gasteiger partial charge in [-0.3, -0.25) is 4.98 Å². The summed E-state index contributed by atoms with van der Waals surface area (Å²) in [4.78, 5) is 4.09. The molecule has 16 heavy (non-hydrogen) atoms. The molecule has 2 aromatic rings. The van der Waals surface area contributed by atoms with E-state index < -0.39 is 0 Å². The standard InChI is InChI=1S/C13H11N3/c1-9-4-5-16-8-12(9)10-2-3-13(15)11(6-10)7-14/h2-6,8H,15H2,1H3. The highest BCUT2D eigenvalue weighted by atomic mass is 14.6. The predicted molar refractivity (Wildman–Crippen MR) is 63.5 cm³/mol. The molecular weight excluding hydrogens is 198 g/mol. The number of benzene rings is 1. The lowest BCUT2D eigenvalue weighted by atomic mass is 10.0. The van der Waals surface area contributed by atoms with E-state index >= 15 is 0 Å². The molecule has 0 atom stereocenters. The number of pyridine rings is 1. The monoisotopic (exact) mass is 209 g/mol. The molecule has 3 heteroatoms. The second-order valence-electron chi connectivity index (χ2n) is 3.60. The van der Waals surface area contributed by atoms with Gasteiger partial charge < -0.3 is 5.73 Å². The highest BCUT2D eigenvalue weighted by Gasteiger charge is 2.04. The van der Waals surface area contributed by atoms with Crippen molar-refractivity contribution in [1.29, 1.82) is 5.26 Å². The van der Waals surface area contributed by atoms with Crippen LogP contribution in [0.2, 0.25) is 0 Å². The van der Waals surface area contributed by atoms with E-state index in [9.17, 15) is 0 Å². The smallest absolute Gasteiger partial charge is 0.101 e. The SMILES string of the molecule is Cc1ccncc1-c1ccc(N)c(C#N)c1. The number of rotatable bonds is 1. The number of nitriles is 1. The fourth-order valence-electron chi connectivity index (χ4n) is 1.59. The first kappa shape index (κ1) is 10.2. The van der Waals surface area contributed by atoms with Crippen molar-refractivity contribution >= 4 is 5.69 Å². The van der Waals surface area contributed by atoms with Gasteiger partial charge in [-0.25, -0.2) is 0 Å². The first-order chi connectivity index (χ1) is 7.72. The largest absolute Gasteiger partial charge is 0.398 e. The molecule has 0 aliphatic rings. The topological polar surface area (TPSA) is 62.7 Å². The average molecular weight is 209 g/mol. The van der Waals surface area contributed by atoms with Gasteiger partial charge in [-0.2, -0.15) is 5.26 Å². The van der Waals surface area contributed by atoms with Gasteiger partial charge in [0.1, 0.15) is 6.07 Å². The van der Waals surface area contributed by atoms with E-state index in [1.807, 2.05) is 19.1 Å². The third-order valence-corrected chi connectivity index (χ3v) is 2.52. The van der Waals surface area contributed by atoms with Gasteiger partial charge >= 0.3 is 0 Å². The van der Waals surface area contributed by atoms with Crippen LogP contribution in [-0.2, 0) is 0 Å². The summed E-state index contributed by atoms with van der Waals surface area (Å²) >= 11 is 0. The molecule has 1 heterocycles. The molecule has 1 aromatic heterocycles. The number of hydrogen-bond donors (Lipinski definition) is 1. The van der Waals surface area contributed by atoms with E-state index in [4.69, 9.17) is 11.0 Å². The van der Waals surface area contributed by atoms with Gasteiger partial charge in [-0.05, 0) is 36.2 Å². The summed E-state index contributed by atoms with van der Waals surface area (Å²) in [5.74, 6) is 0. The summed E-state index contributed by atoms with van der Waals surface area (Å²) in [6.07, 6.45) is 3.54. The lowest BCUT2D eigenvalue weighted by molar-refractivity contribution is 1.29. The number of aryl methyl sites for hydroxylation is 1. The van der Waals surface area contributed by atoms with Crippen molar-refractivity contribution < 1.29 is 0 Å². The van der Waals surface area contributed by atoms with Crippen LogP contribution in [0.15, 0.2) is 36.7 Å². The molecule has 0 aliphatic heterocycles. The molecule has 78 valence electrons. The summed E-state index contributed by atoms with van der Waals surface area (Å²) in [6, 6.07) is 9.47. The Hall–Kier alpha value is -2.34. The zero-order valence-electron chi connectivity index (χ0n) is 8.94. The van der Waals surface area contributed by atoms with Crippen molar-refractivity contribution in [1.82, 2.24) is 4.98 Å². The number of nitrogens with zero attached hydrogens (tertiary/aromatic N) is 2. The maximum atomic E-state index is 8.91. The Bertz CT molecular complexity index is 568. The maximum absolute atomic E-state index is 8.91. The third kappa shape index (κ3) is 1.73. The molecule has 0 bridgehead atoms. The Morgan fingerprint density at radius 3 is 2.81 bits per heavy atom. The molecule has 0 amide bonds. The molecular formula is C13H11N3. The zero-order valence-corrected chi connectivity index (χ0v) is 8.94. The predicted octanol–water partition coefficient (Wildman–Crippen LogP) is 2.51. The molecule has 2 rings (SSSR count). The van der Waals surface area contributed by atoms with Gasteiger partial charge in [0.15, 0.2) is 0 Å². The number of nitrogens with two attached hydrogens (primary N) is 1. The van der Waals surface area contributed by atoms with Crippen molar-refractivity contribution in [3.05, 3.63) is 47.8 Å². The minimum atomic E-state index is 0.501. The molecule has 1 aromatic carbocycles. The van der Waals surface area contributed by atoms with Gasteiger partial charge in [0.05, 0.1) is 5.56 Å². The van der Waals surface area contributed by atoms with Crippen LogP contribution < -0.4 is 5.73 Å². The molecule has 2 N–H and O–H groups in total. The van der Waals surface area contributed by atoms with Crippen LogP contribution in [0.1, 0.15) is 11.1 Å². The van der Waals surface area contributed by atoms with Crippen LogP contribution >= 0.6 is 0 Å². The van der Waals surface area contributed by atoms with Crippen molar-refractivity contribution in [3.63, 3.8) is 0 Å². The van der Waals surface area contributed by atoms with Crippen LogP contribution in [0.3, 0.4) is 0 Å². The minimum absolute atomic E-state index is 0.501. The first-order valence-electron chi connectivity index (χ1n) is 4.93. The Kier molecular flexibility index (Phi) is 2.57. The van der Waals surface area contributed by atoms with Crippen molar-refractivity contribution in [3.8, 4) is 17.2 Å². The van der Waals surface area contributed by atoms with Crippen LogP contribution in [0.25, 0.3) is 11.1 Å². The highest BCUT2D eigenvalue weighted by molar-refractivity contribution is 5.71. The number of anilines is 1. The van der Waals surface area contributed by atoms with Gasteiger partial charge in [-0.1, -0.05) is 6.07 Å². The fourth-order valence-corrected chi connectivity index (χ4v) is 1.59. The lowest BCUT2D eigenvalue weighted by Crippen LogP contribution is -1.91. The van der Waals surface area contributed by atoms with Crippen molar-refractivity contribution in [2.24, 2.45) is 0 Å². The quantitative estimate of drug-likeness (QED) is 0.734. The maximum Gasteiger partial charge on any atom is 0.101 e. The fraction of sp³-hybridized carbons (Fsp3) is 0.0769. The lowest BCUT2D eigenvalue weighted by Gasteiger charge is -2.06. The van der Waals surface area contributed by atoms with Crippen molar-refractivity contribution in [2.45, 2.75) is 6.92 Å². The molecule has 0 saturated heterocycles. The first-order valence-corrected chi connectivity index (χ1v) is 4.93. The normalized spacial score (nSPS) is 9.75. The van der Waals surface area contributed by atoms with E-state index in [1.165, 1.54) is 0 Å². The van der Waals surface area contributed by atoms with Crippen LogP contribution in [0.5, 0.6) is 0 Å². The third-order valence-electron chi connectivity index (χ3n) is 2.52. The summed E-state index contributed by atoms with van der Waals surface area (Å²) in [7, 11) is 0. The van der Waals surface area contributed by atoms with Crippen LogP contribution in [0.4, 0.5) is 5.69 Å². The van der Waals surface area contributed by atoms with Crippen LogP contribution in [0, 0.1) is 18.3 Å². The van der Waals surface area contributed by atoms with E-state index in [0.717, 1.165) is 16.7 Å². The average Bonchev–Trinajstić information content (AvgIpc) is 2.31. The van der Waals surface area contributed by atoms with Gasteiger partial charge in [-0.15, -0.1) is 0 Å². The molecule has 0 fully saturated rings. The van der Waals surface area contributed by atoms with E-state index in [1.54, 1.807) is 24.5 Å². The zero-order chi connectivity index (χ0) is 11.5. The molecule has 0 saturated carbocycles. The van der Waals surface area contributed by atoms with E-state index in [2.05, 4.69) is 11.1 Å². The Morgan fingerprint density at radius 1 is 1.31 bits per heavy atom. The second-order valence-corrected chi connectivity index (χ2v) is 3.60. The summed E-state index contributed by atoms with van der Waals surface area (Å²) in [6.45, 7) is 2.01. The van der Waals surface area contributed by atoms with E-state index in [-0.39, 0.29) is 0 Å². The van der Waals surface area contributed by atoms with Gasteiger partial charge in [0, 0.05) is 23.6 Å².